The molecule has 0 aliphatic carbocycles. The highest BCUT2D eigenvalue weighted by atomic mass is 15.3. The number of aromatic nitrogens is 6. The van der Waals surface area contributed by atoms with E-state index in [1.807, 2.05) is 23.8 Å². The van der Waals surface area contributed by atoms with E-state index in [0.717, 1.165) is 51.5 Å². The van der Waals surface area contributed by atoms with Gasteiger partial charge in [0, 0.05) is 36.1 Å². The van der Waals surface area contributed by atoms with E-state index in [9.17, 15) is 0 Å². The van der Waals surface area contributed by atoms with Crippen LogP contribution in [0.3, 0.4) is 0 Å². The fourth-order valence-electron chi connectivity index (χ4n) is 3.55. The molecule has 2 N–H and O–H groups in total. The number of aryl methyl sites for hydroxylation is 1. The average Bonchev–Trinajstić information content (AvgIpc) is 3.34. The summed E-state index contributed by atoms with van der Waals surface area (Å²) in [4.78, 5) is 8.99. The molecule has 0 unspecified atom stereocenters. The molecule has 0 atom stereocenters. The minimum Gasteiger partial charge on any atom is -0.310 e. The van der Waals surface area contributed by atoms with Gasteiger partial charge in [-0.1, -0.05) is 33.8 Å². The maximum Gasteiger partial charge on any atom is 0.158 e. The first kappa shape index (κ1) is 19.3. The zero-order valence-electron chi connectivity index (χ0n) is 17.6. The normalized spacial score (nSPS) is 11.8. The van der Waals surface area contributed by atoms with Crippen LogP contribution < -0.4 is 5.32 Å². The van der Waals surface area contributed by atoms with E-state index in [1.165, 1.54) is 0 Å². The van der Waals surface area contributed by atoms with Crippen molar-refractivity contribution < 1.29 is 0 Å². The number of aromatic amines is 1. The Morgan fingerprint density at radius 2 is 1.97 bits per heavy atom. The molecule has 0 aromatic carbocycles. The molecule has 4 aromatic rings. The summed E-state index contributed by atoms with van der Waals surface area (Å²) in [6, 6.07) is 6.74. The molecule has 150 valence electrons. The van der Waals surface area contributed by atoms with Crippen LogP contribution in [-0.4, -0.2) is 35.8 Å². The lowest BCUT2D eigenvalue weighted by Crippen LogP contribution is -2.21. The van der Waals surface area contributed by atoms with Crippen LogP contribution in [-0.2, 0) is 6.54 Å². The predicted molar refractivity (Wildman–Crippen MR) is 115 cm³/mol. The predicted octanol–water partition coefficient (Wildman–Crippen LogP) is 4.11. The number of fused-ring (bicyclic) bond motifs is 1. The summed E-state index contributed by atoms with van der Waals surface area (Å²) >= 11 is 0. The SMILES string of the molecule is Cc1cc(-c2[nH]nc(-c3ccc(CNC(C)C)cn3)c2C(C)C)cn2ncnc12. The molecule has 0 radical (unpaired) electrons. The number of nitrogens with zero attached hydrogens (tertiary/aromatic N) is 5. The quantitative estimate of drug-likeness (QED) is 0.518. The van der Waals surface area contributed by atoms with Crippen molar-refractivity contribution in [2.75, 3.05) is 0 Å². The van der Waals surface area contributed by atoms with Crippen molar-refractivity contribution in [3.8, 4) is 22.6 Å². The van der Waals surface area contributed by atoms with Crippen LogP contribution in [0.25, 0.3) is 28.3 Å². The van der Waals surface area contributed by atoms with Gasteiger partial charge in [-0.05, 0) is 36.1 Å². The first-order chi connectivity index (χ1) is 13.9. The number of pyridine rings is 2. The number of nitrogens with one attached hydrogen (secondary N) is 2. The standard InChI is InChI=1S/C22H27N7/c1-13(2)19-20(17-8-15(5)22-25-12-26-29(22)11-17)27-28-21(19)18-7-6-16(10-24-18)9-23-14(3)4/h6-8,10-14,23H,9H2,1-5H3,(H,27,28). The molecule has 0 amide bonds. The fraction of sp³-hybridized carbons (Fsp3) is 0.364. The summed E-state index contributed by atoms with van der Waals surface area (Å²) in [5.74, 6) is 0.287. The minimum absolute atomic E-state index is 0.287. The van der Waals surface area contributed by atoms with E-state index in [0.29, 0.717) is 6.04 Å². The van der Waals surface area contributed by atoms with E-state index in [1.54, 1.807) is 6.33 Å². The Bertz CT molecular complexity index is 1120. The maximum absolute atomic E-state index is 4.69. The lowest BCUT2D eigenvalue weighted by Gasteiger charge is -2.11. The lowest BCUT2D eigenvalue weighted by molar-refractivity contribution is 0.588. The van der Waals surface area contributed by atoms with Gasteiger partial charge in [0.15, 0.2) is 5.65 Å². The molecule has 0 saturated heterocycles. The van der Waals surface area contributed by atoms with Crippen molar-refractivity contribution in [2.45, 2.75) is 53.1 Å². The highest BCUT2D eigenvalue weighted by molar-refractivity contribution is 5.74. The van der Waals surface area contributed by atoms with Crippen LogP contribution in [0.15, 0.2) is 36.9 Å². The minimum atomic E-state index is 0.287. The van der Waals surface area contributed by atoms with Gasteiger partial charge in [0.2, 0.25) is 0 Å². The largest absolute Gasteiger partial charge is 0.310 e. The van der Waals surface area contributed by atoms with Gasteiger partial charge in [-0.15, -0.1) is 0 Å². The maximum atomic E-state index is 4.69. The molecule has 29 heavy (non-hydrogen) atoms. The Kier molecular flexibility index (Phi) is 5.15. The third kappa shape index (κ3) is 3.78. The third-order valence-electron chi connectivity index (χ3n) is 5.01. The van der Waals surface area contributed by atoms with Gasteiger partial charge < -0.3 is 5.32 Å². The highest BCUT2D eigenvalue weighted by Gasteiger charge is 2.20. The molecule has 4 heterocycles. The van der Waals surface area contributed by atoms with Crippen molar-refractivity contribution in [1.29, 1.82) is 0 Å². The van der Waals surface area contributed by atoms with Crippen molar-refractivity contribution in [3.05, 3.63) is 53.6 Å². The second-order valence-electron chi connectivity index (χ2n) is 8.04. The first-order valence-corrected chi connectivity index (χ1v) is 10.0. The van der Waals surface area contributed by atoms with Crippen LogP contribution in [0.2, 0.25) is 0 Å². The van der Waals surface area contributed by atoms with Crippen molar-refractivity contribution in [3.63, 3.8) is 0 Å². The second kappa shape index (κ2) is 7.75. The Hall–Kier alpha value is -3.06. The van der Waals surface area contributed by atoms with Gasteiger partial charge in [0.25, 0.3) is 0 Å². The molecular formula is C22H27N7. The van der Waals surface area contributed by atoms with Gasteiger partial charge in [-0.25, -0.2) is 9.50 Å². The molecule has 0 bridgehead atoms. The molecule has 0 fully saturated rings. The van der Waals surface area contributed by atoms with Gasteiger partial charge in [-0.3, -0.25) is 10.1 Å². The summed E-state index contributed by atoms with van der Waals surface area (Å²) < 4.78 is 1.81. The van der Waals surface area contributed by atoms with Gasteiger partial charge in [0.05, 0.1) is 11.4 Å². The molecule has 4 aromatic heterocycles. The van der Waals surface area contributed by atoms with Crippen LogP contribution in [0.5, 0.6) is 0 Å². The van der Waals surface area contributed by atoms with Crippen LogP contribution in [0, 0.1) is 6.92 Å². The van der Waals surface area contributed by atoms with Crippen molar-refractivity contribution in [1.82, 2.24) is 35.1 Å². The summed E-state index contributed by atoms with van der Waals surface area (Å²) in [5, 5.41) is 15.6. The Labute approximate surface area is 170 Å². The van der Waals surface area contributed by atoms with Crippen LogP contribution in [0.1, 0.15) is 50.3 Å². The average molecular weight is 390 g/mol. The molecule has 4 rings (SSSR count). The first-order valence-electron chi connectivity index (χ1n) is 10.0. The molecule has 7 nitrogen and oxygen atoms in total. The third-order valence-corrected chi connectivity index (χ3v) is 5.01. The van der Waals surface area contributed by atoms with Crippen molar-refractivity contribution >= 4 is 5.65 Å². The molecule has 0 aliphatic heterocycles. The Balaban J connectivity index is 1.73. The van der Waals surface area contributed by atoms with Crippen LogP contribution in [0.4, 0.5) is 0 Å². The van der Waals surface area contributed by atoms with Gasteiger partial charge in [0.1, 0.15) is 12.0 Å². The van der Waals surface area contributed by atoms with E-state index in [-0.39, 0.29) is 5.92 Å². The smallest absolute Gasteiger partial charge is 0.158 e. The number of hydrogen-bond acceptors (Lipinski definition) is 5. The Morgan fingerprint density at radius 1 is 1.14 bits per heavy atom. The number of H-pyrrole nitrogens is 1. The number of hydrogen-bond donors (Lipinski definition) is 2. The topological polar surface area (TPSA) is 83.8 Å². The monoisotopic (exact) mass is 389 g/mol. The zero-order valence-corrected chi connectivity index (χ0v) is 17.6. The van der Waals surface area contributed by atoms with E-state index >= 15 is 0 Å². The van der Waals surface area contributed by atoms with E-state index in [4.69, 9.17) is 0 Å². The molecule has 0 spiro atoms. The lowest BCUT2D eigenvalue weighted by atomic mass is 9.95. The highest BCUT2D eigenvalue weighted by Crippen LogP contribution is 2.35. The second-order valence-corrected chi connectivity index (χ2v) is 8.04. The van der Waals surface area contributed by atoms with E-state index in [2.05, 4.69) is 76.5 Å². The summed E-state index contributed by atoms with van der Waals surface area (Å²) in [5.41, 5.74) is 8.08. The fourth-order valence-corrected chi connectivity index (χ4v) is 3.55. The molecular weight excluding hydrogens is 362 g/mol. The summed E-state index contributed by atoms with van der Waals surface area (Å²) in [6.45, 7) is 11.5. The van der Waals surface area contributed by atoms with Crippen molar-refractivity contribution in [2.24, 2.45) is 0 Å². The summed E-state index contributed by atoms with van der Waals surface area (Å²) in [6.07, 6.45) is 5.49. The van der Waals surface area contributed by atoms with Gasteiger partial charge >= 0.3 is 0 Å². The Morgan fingerprint density at radius 3 is 2.66 bits per heavy atom. The van der Waals surface area contributed by atoms with E-state index < -0.39 is 0 Å². The number of rotatable bonds is 6. The molecule has 0 aliphatic rings. The molecule has 0 saturated carbocycles. The molecule has 7 heteroatoms. The zero-order chi connectivity index (χ0) is 20.5. The summed E-state index contributed by atoms with van der Waals surface area (Å²) in [7, 11) is 0. The van der Waals surface area contributed by atoms with Crippen LogP contribution >= 0.6 is 0 Å². The van der Waals surface area contributed by atoms with Gasteiger partial charge in [-0.2, -0.15) is 10.2 Å².